The first-order valence-electron chi connectivity index (χ1n) is 5.51. The molecular formula is C11H14N2O5. The van der Waals surface area contributed by atoms with Gasteiger partial charge in [0.15, 0.2) is 0 Å². The van der Waals surface area contributed by atoms with E-state index in [0.717, 1.165) is 0 Å². The summed E-state index contributed by atoms with van der Waals surface area (Å²) in [6.07, 6.45) is 0. The van der Waals surface area contributed by atoms with Crippen molar-refractivity contribution >= 4 is 11.9 Å². The first kappa shape index (κ1) is 12.6. The fourth-order valence-electron chi connectivity index (χ4n) is 1.95. The van der Waals surface area contributed by atoms with Crippen molar-refractivity contribution in [3.05, 3.63) is 17.5 Å². The molecule has 1 amide bonds. The van der Waals surface area contributed by atoms with Crippen molar-refractivity contribution in [1.82, 2.24) is 10.1 Å². The minimum Gasteiger partial charge on any atom is -0.481 e. The first-order chi connectivity index (χ1) is 8.50. The van der Waals surface area contributed by atoms with E-state index in [-0.39, 0.29) is 19.0 Å². The lowest BCUT2D eigenvalue weighted by Gasteiger charge is -2.25. The number of carboxylic acids is 1. The van der Waals surface area contributed by atoms with Gasteiger partial charge in [0, 0.05) is 13.1 Å². The number of rotatable bonds is 3. The Hall–Kier alpha value is -1.89. The molecular weight excluding hydrogens is 240 g/mol. The van der Waals surface area contributed by atoms with Gasteiger partial charge in [0.05, 0.1) is 24.9 Å². The number of likely N-dealkylation sites (N-methyl/N-ethyl adjacent to an activating group) is 1. The SMILES string of the molecule is Cc1cc(C(=O)N(C)C2COCC2C(=O)O)on1. The number of hydrogen-bond donors (Lipinski definition) is 1. The molecule has 1 N–H and O–H groups in total. The summed E-state index contributed by atoms with van der Waals surface area (Å²) in [5.41, 5.74) is 0.601. The summed E-state index contributed by atoms with van der Waals surface area (Å²) in [5.74, 6) is -1.96. The van der Waals surface area contributed by atoms with E-state index in [1.807, 2.05) is 0 Å². The minimum atomic E-state index is -0.967. The van der Waals surface area contributed by atoms with Gasteiger partial charge in [0.2, 0.25) is 5.76 Å². The van der Waals surface area contributed by atoms with Gasteiger partial charge in [-0.05, 0) is 6.92 Å². The highest BCUT2D eigenvalue weighted by molar-refractivity contribution is 5.92. The molecule has 2 atom stereocenters. The number of carbonyl (C=O) groups excluding carboxylic acids is 1. The Morgan fingerprint density at radius 1 is 1.50 bits per heavy atom. The molecule has 0 radical (unpaired) electrons. The molecule has 0 aliphatic carbocycles. The molecule has 1 aromatic rings. The topological polar surface area (TPSA) is 92.9 Å². The van der Waals surface area contributed by atoms with Crippen LogP contribution < -0.4 is 0 Å². The molecule has 7 heteroatoms. The lowest BCUT2D eigenvalue weighted by molar-refractivity contribution is -0.142. The van der Waals surface area contributed by atoms with Gasteiger partial charge in [0.1, 0.15) is 5.92 Å². The predicted octanol–water partition coefficient (Wildman–Crippen LogP) is 0.155. The van der Waals surface area contributed by atoms with Gasteiger partial charge in [0.25, 0.3) is 5.91 Å². The van der Waals surface area contributed by atoms with Crippen LogP contribution >= 0.6 is 0 Å². The monoisotopic (exact) mass is 254 g/mol. The summed E-state index contributed by atoms with van der Waals surface area (Å²) in [7, 11) is 1.54. The molecule has 1 aromatic heterocycles. The Bertz CT molecular complexity index is 470. The predicted molar refractivity (Wildman–Crippen MR) is 59.1 cm³/mol. The van der Waals surface area contributed by atoms with Gasteiger partial charge in [-0.3, -0.25) is 9.59 Å². The van der Waals surface area contributed by atoms with Gasteiger partial charge in [-0.2, -0.15) is 0 Å². The van der Waals surface area contributed by atoms with Crippen molar-refractivity contribution in [2.24, 2.45) is 5.92 Å². The smallest absolute Gasteiger partial charge is 0.311 e. The molecule has 98 valence electrons. The maximum Gasteiger partial charge on any atom is 0.311 e. The normalized spacial score (nSPS) is 23.0. The summed E-state index contributed by atoms with van der Waals surface area (Å²) in [6.45, 7) is 2.04. The zero-order chi connectivity index (χ0) is 13.3. The number of nitrogens with zero attached hydrogens (tertiary/aromatic N) is 2. The number of aromatic nitrogens is 1. The van der Waals surface area contributed by atoms with E-state index in [0.29, 0.717) is 5.69 Å². The quantitative estimate of drug-likeness (QED) is 0.825. The maximum absolute atomic E-state index is 12.1. The van der Waals surface area contributed by atoms with E-state index in [4.69, 9.17) is 14.4 Å². The van der Waals surface area contributed by atoms with Gasteiger partial charge >= 0.3 is 5.97 Å². The molecule has 0 bridgehead atoms. The molecule has 0 spiro atoms. The number of ether oxygens (including phenoxy) is 1. The van der Waals surface area contributed by atoms with Crippen LogP contribution in [0.25, 0.3) is 0 Å². The van der Waals surface area contributed by atoms with Crippen molar-refractivity contribution in [2.75, 3.05) is 20.3 Å². The summed E-state index contributed by atoms with van der Waals surface area (Å²) in [6, 6.07) is 1.03. The molecule has 7 nitrogen and oxygen atoms in total. The van der Waals surface area contributed by atoms with E-state index in [1.54, 1.807) is 6.92 Å². The molecule has 18 heavy (non-hydrogen) atoms. The zero-order valence-corrected chi connectivity index (χ0v) is 10.1. The number of carboxylic acid groups (broad SMARTS) is 1. The number of aryl methyl sites for hydroxylation is 1. The fraction of sp³-hybridized carbons (Fsp3) is 0.545. The summed E-state index contributed by atoms with van der Waals surface area (Å²) < 4.78 is 10.00. The van der Waals surface area contributed by atoms with Crippen molar-refractivity contribution in [3.8, 4) is 0 Å². The van der Waals surface area contributed by atoms with Crippen molar-refractivity contribution in [2.45, 2.75) is 13.0 Å². The zero-order valence-electron chi connectivity index (χ0n) is 10.1. The van der Waals surface area contributed by atoms with E-state index in [2.05, 4.69) is 5.16 Å². The van der Waals surface area contributed by atoms with Crippen LogP contribution in [0.4, 0.5) is 0 Å². The Kier molecular flexibility index (Phi) is 3.33. The van der Waals surface area contributed by atoms with Crippen LogP contribution in [0.3, 0.4) is 0 Å². The minimum absolute atomic E-state index is 0.103. The molecule has 1 fully saturated rings. The second kappa shape index (κ2) is 4.77. The van der Waals surface area contributed by atoms with Crippen LogP contribution in [0.2, 0.25) is 0 Å². The summed E-state index contributed by atoms with van der Waals surface area (Å²) in [5, 5.41) is 12.7. The third-order valence-electron chi connectivity index (χ3n) is 3.02. The number of carbonyl (C=O) groups is 2. The average Bonchev–Trinajstić information content (AvgIpc) is 2.95. The molecule has 2 heterocycles. The van der Waals surface area contributed by atoms with Gasteiger partial charge in [-0.1, -0.05) is 5.16 Å². The van der Waals surface area contributed by atoms with Gasteiger partial charge < -0.3 is 19.3 Å². The third kappa shape index (κ3) is 2.21. The Morgan fingerprint density at radius 3 is 2.78 bits per heavy atom. The molecule has 2 rings (SSSR count). The van der Waals surface area contributed by atoms with Gasteiger partial charge in [-0.25, -0.2) is 0 Å². The first-order valence-corrected chi connectivity index (χ1v) is 5.51. The standard InChI is InChI=1S/C11H14N2O5/c1-6-3-9(18-12-6)10(14)13(2)8-5-17-4-7(8)11(15)16/h3,7-8H,4-5H2,1-2H3,(H,15,16). The Labute approximate surface area is 103 Å². The van der Waals surface area contributed by atoms with Gasteiger partial charge in [-0.15, -0.1) is 0 Å². The fourth-order valence-corrected chi connectivity index (χ4v) is 1.95. The van der Waals surface area contributed by atoms with Crippen LogP contribution in [-0.4, -0.2) is 53.3 Å². The van der Waals surface area contributed by atoms with Crippen LogP contribution in [0, 0.1) is 12.8 Å². The highest BCUT2D eigenvalue weighted by Crippen LogP contribution is 2.20. The number of aliphatic carboxylic acids is 1. The average molecular weight is 254 g/mol. The van der Waals surface area contributed by atoms with Crippen molar-refractivity contribution < 1.29 is 24.0 Å². The highest BCUT2D eigenvalue weighted by atomic mass is 16.5. The largest absolute Gasteiger partial charge is 0.481 e. The molecule has 1 saturated heterocycles. The van der Waals surface area contributed by atoms with E-state index >= 15 is 0 Å². The Morgan fingerprint density at radius 2 is 2.22 bits per heavy atom. The summed E-state index contributed by atoms with van der Waals surface area (Å²) >= 11 is 0. The second-order valence-electron chi connectivity index (χ2n) is 4.30. The maximum atomic E-state index is 12.1. The number of hydrogen-bond acceptors (Lipinski definition) is 5. The lowest BCUT2D eigenvalue weighted by atomic mass is 10.0. The molecule has 0 aromatic carbocycles. The molecule has 1 aliphatic rings. The molecule has 2 unspecified atom stereocenters. The van der Waals surface area contributed by atoms with Crippen molar-refractivity contribution in [1.29, 1.82) is 0 Å². The highest BCUT2D eigenvalue weighted by Gasteiger charge is 2.39. The van der Waals surface area contributed by atoms with Crippen molar-refractivity contribution in [3.63, 3.8) is 0 Å². The molecule has 1 aliphatic heterocycles. The second-order valence-corrected chi connectivity index (χ2v) is 4.30. The van der Waals surface area contributed by atoms with Crippen LogP contribution in [-0.2, 0) is 9.53 Å². The van der Waals surface area contributed by atoms with E-state index in [1.165, 1.54) is 18.0 Å². The summed E-state index contributed by atoms with van der Waals surface area (Å²) in [4.78, 5) is 24.4. The van der Waals surface area contributed by atoms with Crippen LogP contribution in [0.5, 0.6) is 0 Å². The van der Waals surface area contributed by atoms with E-state index < -0.39 is 23.8 Å². The third-order valence-corrected chi connectivity index (χ3v) is 3.02. The Balaban J connectivity index is 2.13. The lowest BCUT2D eigenvalue weighted by Crippen LogP contribution is -2.44. The van der Waals surface area contributed by atoms with E-state index in [9.17, 15) is 9.59 Å². The van der Waals surface area contributed by atoms with Crippen LogP contribution in [0.1, 0.15) is 16.2 Å². The van der Waals surface area contributed by atoms with Crippen LogP contribution in [0.15, 0.2) is 10.6 Å². The number of amides is 1. The molecule has 0 saturated carbocycles.